The van der Waals surface area contributed by atoms with Gasteiger partial charge in [0.15, 0.2) is 0 Å². The molecule has 0 aromatic carbocycles. The minimum absolute atomic E-state index is 0.113. The van der Waals surface area contributed by atoms with Crippen molar-refractivity contribution in [1.29, 1.82) is 0 Å². The summed E-state index contributed by atoms with van der Waals surface area (Å²) >= 11 is 0. The molecule has 0 spiro atoms. The van der Waals surface area contributed by atoms with Gasteiger partial charge in [0.2, 0.25) is 11.8 Å². The minimum Gasteiger partial charge on any atom is -0.392 e. The molecule has 2 aliphatic heterocycles. The van der Waals surface area contributed by atoms with E-state index in [4.69, 9.17) is 5.73 Å². The zero-order valence-corrected chi connectivity index (χ0v) is 9.06. The van der Waals surface area contributed by atoms with Crippen molar-refractivity contribution < 1.29 is 14.7 Å². The fourth-order valence-electron chi connectivity index (χ4n) is 2.43. The molecule has 0 aliphatic carbocycles. The highest BCUT2D eigenvalue weighted by atomic mass is 16.3. The largest absolute Gasteiger partial charge is 0.392 e. The number of β-amino-alcohol motifs (C(OH)–C–C–N with tert-alkyl or cyclic N) is 1. The summed E-state index contributed by atoms with van der Waals surface area (Å²) in [4.78, 5) is 24.7. The summed E-state index contributed by atoms with van der Waals surface area (Å²) in [5.41, 5.74) is 5.25. The van der Waals surface area contributed by atoms with Crippen LogP contribution in [0.15, 0.2) is 0 Å². The van der Waals surface area contributed by atoms with Gasteiger partial charge in [-0.05, 0) is 19.3 Å². The second kappa shape index (κ2) is 4.39. The Kier molecular flexibility index (Phi) is 3.11. The van der Waals surface area contributed by atoms with Gasteiger partial charge in [0, 0.05) is 13.1 Å². The Bertz CT molecular complexity index is 308. The topological polar surface area (TPSA) is 95.7 Å². The molecule has 0 aromatic heterocycles. The van der Waals surface area contributed by atoms with E-state index in [0.717, 1.165) is 6.42 Å². The number of amides is 2. The molecule has 0 radical (unpaired) electrons. The number of nitrogens with one attached hydrogen (secondary N) is 1. The van der Waals surface area contributed by atoms with E-state index in [1.54, 1.807) is 0 Å². The fourth-order valence-corrected chi connectivity index (χ4v) is 2.43. The monoisotopic (exact) mass is 227 g/mol. The second-order valence-electron chi connectivity index (χ2n) is 4.44. The maximum Gasteiger partial charge on any atom is 0.240 e. The molecule has 2 rings (SSSR count). The standard InChI is InChI=1S/C10H17N3O3/c11-9(15)8-2-1-3-13(8)10(16)7-4-6(14)5-12-7/h6-8,12,14H,1-5H2,(H2,11,15). The molecule has 3 unspecified atom stereocenters. The van der Waals surface area contributed by atoms with Crippen LogP contribution in [0.4, 0.5) is 0 Å². The molecule has 6 nitrogen and oxygen atoms in total. The van der Waals surface area contributed by atoms with Crippen molar-refractivity contribution in [2.45, 2.75) is 37.5 Å². The van der Waals surface area contributed by atoms with E-state index in [-0.39, 0.29) is 11.9 Å². The van der Waals surface area contributed by atoms with Gasteiger partial charge < -0.3 is 21.1 Å². The van der Waals surface area contributed by atoms with E-state index in [2.05, 4.69) is 5.32 Å². The molecule has 0 saturated carbocycles. The van der Waals surface area contributed by atoms with Crippen LogP contribution in [0.1, 0.15) is 19.3 Å². The van der Waals surface area contributed by atoms with Crippen molar-refractivity contribution in [3.05, 3.63) is 0 Å². The van der Waals surface area contributed by atoms with Crippen LogP contribution in [-0.4, -0.2) is 53.1 Å². The van der Waals surface area contributed by atoms with Crippen molar-refractivity contribution in [3.8, 4) is 0 Å². The minimum atomic E-state index is -0.469. The number of aliphatic hydroxyl groups is 1. The van der Waals surface area contributed by atoms with E-state index in [1.807, 2.05) is 0 Å². The first-order chi connectivity index (χ1) is 7.59. The summed E-state index contributed by atoms with van der Waals surface area (Å²) in [5, 5.41) is 12.3. The molecular formula is C10H17N3O3. The lowest BCUT2D eigenvalue weighted by Gasteiger charge is -2.25. The Balaban J connectivity index is 2.01. The normalized spacial score (nSPS) is 34.3. The Morgan fingerprint density at radius 2 is 2.19 bits per heavy atom. The lowest BCUT2D eigenvalue weighted by atomic mass is 10.1. The number of aliphatic hydroxyl groups excluding tert-OH is 1. The average Bonchev–Trinajstić information content (AvgIpc) is 2.84. The van der Waals surface area contributed by atoms with Crippen molar-refractivity contribution in [1.82, 2.24) is 10.2 Å². The SMILES string of the molecule is NC(=O)C1CCCN1C(=O)C1CC(O)CN1. The first-order valence-corrected chi connectivity index (χ1v) is 5.61. The van der Waals surface area contributed by atoms with Gasteiger partial charge >= 0.3 is 0 Å². The number of carbonyl (C=O) groups excluding carboxylic acids is 2. The highest BCUT2D eigenvalue weighted by molar-refractivity contribution is 5.89. The maximum absolute atomic E-state index is 12.1. The van der Waals surface area contributed by atoms with Crippen molar-refractivity contribution >= 4 is 11.8 Å². The number of primary amides is 1. The third-order valence-electron chi connectivity index (χ3n) is 3.27. The fraction of sp³-hybridized carbons (Fsp3) is 0.800. The van der Waals surface area contributed by atoms with E-state index < -0.39 is 18.1 Å². The quantitative estimate of drug-likeness (QED) is 0.518. The van der Waals surface area contributed by atoms with Crippen molar-refractivity contribution in [2.24, 2.45) is 5.73 Å². The predicted molar refractivity (Wildman–Crippen MR) is 56.3 cm³/mol. The number of rotatable bonds is 2. The number of likely N-dealkylation sites (tertiary alicyclic amines) is 1. The van der Waals surface area contributed by atoms with Crippen LogP contribution in [0.2, 0.25) is 0 Å². The molecule has 16 heavy (non-hydrogen) atoms. The van der Waals surface area contributed by atoms with Crippen molar-refractivity contribution in [3.63, 3.8) is 0 Å². The van der Waals surface area contributed by atoms with Gasteiger partial charge in [0.05, 0.1) is 12.1 Å². The van der Waals surface area contributed by atoms with Crippen LogP contribution in [0.5, 0.6) is 0 Å². The van der Waals surface area contributed by atoms with Gasteiger partial charge in [-0.25, -0.2) is 0 Å². The van der Waals surface area contributed by atoms with Crippen LogP contribution in [0.25, 0.3) is 0 Å². The van der Waals surface area contributed by atoms with Crippen molar-refractivity contribution in [2.75, 3.05) is 13.1 Å². The van der Waals surface area contributed by atoms with Gasteiger partial charge in [0.25, 0.3) is 0 Å². The molecule has 3 atom stereocenters. The van der Waals surface area contributed by atoms with Crippen LogP contribution in [0, 0.1) is 0 Å². The number of hydrogen-bond donors (Lipinski definition) is 3. The molecule has 90 valence electrons. The summed E-state index contributed by atoms with van der Waals surface area (Å²) in [6, 6.07) is -0.831. The van der Waals surface area contributed by atoms with Crippen LogP contribution < -0.4 is 11.1 Å². The zero-order valence-electron chi connectivity index (χ0n) is 9.06. The number of carbonyl (C=O) groups is 2. The molecular weight excluding hydrogens is 210 g/mol. The Morgan fingerprint density at radius 1 is 1.44 bits per heavy atom. The molecule has 2 aliphatic rings. The second-order valence-corrected chi connectivity index (χ2v) is 4.44. The van der Waals surface area contributed by atoms with E-state index in [0.29, 0.717) is 25.9 Å². The lowest BCUT2D eigenvalue weighted by molar-refractivity contribution is -0.138. The van der Waals surface area contributed by atoms with E-state index in [1.165, 1.54) is 4.90 Å². The Hall–Kier alpha value is -1.14. The van der Waals surface area contributed by atoms with E-state index in [9.17, 15) is 14.7 Å². The number of nitrogens with two attached hydrogens (primary N) is 1. The van der Waals surface area contributed by atoms with Crippen LogP contribution in [-0.2, 0) is 9.59 Å². The molecule has 2 amide bonds. The lowest BCUT2D eigenvalue weighted by Crippen LogP contribution is -2.49. The molecule has 0 bridgehead atoms. The average molecular weight is 227 g/mol. The van der Waals surface area contributed by atoms with Crippen LogP contribution in [0.3, 0.4) is 0 Å². The first kappa shape index (κ1) is 11.3. The summed E-state index contributed by atoms with van der Waals surface area (Å²) < 4.78 is 0. The zero-order chi connectivity index (χ0) is 11.7. The smallest absolute Gasteiger partial charge is 0.240 e. The predicted octanol–water partition coefficient (Wildman–Crippen LogP) is -1.81. The molecule has 2 fully saturated rings. The molecule has 6 heteroatoms. The summed E-state index contributed by atoms with van der Waals surface area (Å²) in [5.74, 6) is -0.553. The summed E-state index contributed by atoms with van der Waals surface area (Å²) in [6.07, 6.45) is 1.41. The molecule has 2 heterocycles. The van der Waals surface area contributed by atoms with Crippen LogP contribution >= 0.6 is 0 Å². The Morgan fingerprint density at radius 3 is 2.75 bits per heavy atom. The Labute approximate surface area is 93.8 Å². The van der Waals surface area contributed by atoms with Gasteiger partial charge in [-0.2, -0.15) is 0 Å². The first-order valence-electron chi connectivity index (χ1n) is 5.61. The number of hydrogen-bond acceptors (Lipinski definition) is 4. The third kappa shape index (κ3) is 2.03. The highest BCUT2D eigenvalue weighted by Gasteiger charge is 2.38. The number of nitrogens with zero attached hydrogens (tertiary/aromatic N) is 1. The van der Waals surface area contributed by atoms with Gasteiger partial charge in [0.1, 0.15) is 6.04 Å². The third-order valence-corrected chi connectivity index (χ3v) is 3.27. The summed E-state index contributed by atoms with van der Waals surface area (Å²) in [6.45, 7) is 1.02. The van der Waals surface area contributed by atoms with Gasteiger partial charge in [-0.15, -0.1) is 0 Å². The maximum atomic E-state index is 12.1. The summed E-state index contributed by atoms with van der Waals surface area (Å²) in [7, 11) is 0. The van der Waals surface area contributed by atoms with Gasteiger partial charge in [-0.3, -0.25) is 9.59 Å². The molecule has 2 saturated heterocycles. The molecule has 0 aromatic rings. The highest BCUT2D eigenvalue weighted by Crippen LogP contribution is 2.20. The molecule has 4 N–H and O–H groups in total. The van der Waals surface area contributed by atoms with Gasteiger partial charge in [-0.1, -0.05) is 0 Å². The van der Waals surface area contributed by atoms with E-state index >= 15 is 0 Å².